The Morgan fingerprint density at radius 2 is 2.08 bits per heavy atom. The minimum Gasteiger partial charge on any atom is -0.470 e. The average Bonchev–Trinajstić information content (AvgIpc) is 3.23. The van der Waals surface area contributed by atoms with Crippen molar-refractivity contribution in [3.8, 4) is 5.75 Å². The molecule has 130 valence electrons. The number of rotatable bonds is 6. The van der Waals surface area contributed by atoms with Gasteiger partial charge in [-0.3, -0.25) is 9.48 Å². The summed E-state index contributed by atoms with van der Waals surface area (Å²) in [6, 6.07) is 3.86. The number of aromatic nitrogens is 4. The fourth-order valence-electron chi connectivity index (χ4n) is 2.08. The molecule has 1 amide bonds. The van der Waals surface area contributed by atoms with Gasteiger partial charge in [0.1, 0.15) is 11.6 Å². The molecule has 9 heteroatoms. The van der Waals surface area contributed by atoms with E-state index < -0.39 is 5.82 Å². The Hall–Kier alpha value is -2.87. The molecule has 0 bridgehead atoms. The zero-order valence-corrected chi connectivity index (χ0v) is 14.1. The van der Waals surface area contributed by atoms with E-state index >= 15 is 0 Å². The number of anilines is 1. The number of ether oxygens (including phenoxy) is 1. The largest absolute Gasteiger partial charge is 0.470 e. The second-order valence-corrected chi connectivity index (χ2v) is 5.56. The lowest BCUT2D eigenvalue weighted by Gasteiger charge is -2.07. The van der Waals surface area contributed by atoms with Gasteiger partial charge in [0.15, 0.2) is 6.73 Å². The Balaban J connectivity index is 1.59. The Bertz CT molecular complexity index is 892. The molecule has 3 rings (SSSR count). The van der Waals surface area contributed by atoms with Crippen LogP contribution in [-0.2, 0) is 13.3 Å². The lowest BCUT2D eigenvalue weighted by Crippen LogP contribution is -2.11. The number of hydrogen-bond acceptors (Lipinski definition) is 4. The molecule has 0 aliphatic rings. The standard InChI is InChI=1S/C16H15ClFN5O2/c1-2-22-8-11(6-19-22)16(24)21-13-7-20-23(9-13)10-25-15-4-3-12(18)5-14(15)17/h3-9H,2,10H2,1H3,(H,21,24). The third kappa shape index (κ3) is 4.16. The van der Waals surface area contributed by atoms with E-state index in [-0.39, 0.29) is 17.7 Å². The smallest absolute Gasteiger partial charge is 0.258 e. The summed E-state index contributed by atoms with van der Waals surface area (Å²) in [5.41, 5.74) is 0.979. The van der Waals surface area contributed by atoms with Crippen molar-refractivity contribution >= 4 is 23.2 Å². The van der Waals surface area contributed by atoms with Crippen LogP contribution in [0.3, 0.4) is 0 Å². The van der Waals surface area contributed by atoms with Crippen molar-refractivity contribution in [2.45, 2.75) is 20.2 Å². The van der Waals surface area contributed by atoms with E-state index in [2.05, 4.69) is 15.5 Å². The predicted octanol–water partition coefficient (Wildman–Crippen LogP) is 3.18. The number of hydrogen-bond donors (Lipinski definition) is 1. The molecule has 0 spiro atoms. The molecule has 0 aliphatic carbocycles. The van der Waals surface area contributed by atoms with Gasteiger partial charge in [-0.25, -0.2) is 9.07 Å². The maximum Gasteiger partial charge on any atom is 0.258 e. The molecule has 0 fully saturated rings. The molecule has 2 heterocycles. The third-order valence-corrected chi connectivity index (χ3v) is 3.65. The fourth-order valence-corrected chi connectivity index (χ4v) is 2.31. The van der Waals surface area contributed by atoms with E-state index in [9.17, 15) is 9.18 Å². The van der Waals surface area contributed by atoms with E-state index in [0.29, 0.717) is 23.5 Å². The topological polar surface area (TPSA) is 74.0 Å². The van der Waals surface area contributed by atoms with Gasteiger partial charge in [0.2, 0.25) is 0 Å². The predicted molar refractivity (Wildman–Crippen MR) is 90.1 cm³/mol. The van der Waals surface area contributed by atoms with Gasteiger partial charge in [-0.1, -0.05) is 11.6 Å². The van der Waals surface area contributed by atoms with Crippen LogP contribution in [0.4, 0.5) is 10.1 Å². The van der Waals surface area contributed by atoms with Crippen LogP contribution < -0.4 is 10.1 Å². The van der Waals surface area contributed by atoms with Gasteiger partial charge < -0.3 is 10.1 Å². The molecule has 0 radical (unpaired) electrons. The minimum atomic E-state index is -0.437. The summed E-state index contributed by atoms with van der Waals surface area (Å²) in [4.78, 5) is 12.1. The molecule has 0 saturated heterocycles. The summed E-state index contributed by atoms with van der Waals surface area (Å²) in [5, 5.41) is 11.0. The first-order valence-electron chi connectivity index (χ1n) is 7.49. The molecule has 3 aromatic rings. The highest BCUT2D eigenvalue weighted by molar-refractivity contribution is 6.32. The maximum absolute atomic E-state index is 13.0. The van der Waals surface area contributed by atoms with E-state index in [4.69, 9.17) is 16.3 Å². The molecule has 25 heavy (non-hydrogen) atoms. The van der Waals surface area contributed by atoms with Gasteiger partial charge in [-0.2, -0.15) is 10.2 Å². The molecule has 1 aromatic carbocycles. The zero-order chi connectivity index (χ0) is 17.8. The minimum absolute atomic E-state index is 0.0645. The van der Waals surface area contributed by atoms with Crippen molar-refractivity contribution in [1.29, 1.82) is 0 Å². The number of nitrogens with zero attached hydrogens (tertiary/aromatic N) is 4. The van der Waals surface area contributed by atoms with Crippen molar-refractivity contribution in [2.24, 2.45) is 0 Å². The van der Waals surface area contributed by atoms with Gasteiger partial charge >= 0.3 is 0 Å². The van der Waals surface area contributed by atoms with Crippen LogP contribution >= 0.6 is 11.6 Å². The molecule has 0 atom stereocenters. The van der Waals surface area contributed by atoms with Crippen LogP contribution in [0.25, 0.3) is 0 Å². The SMILES string of the molecule is CCn1cc(C(=O)Nc2cnn(COc3ccc(F)cc3Cl)c2)cn1. The second-order valence-electron chi connectivity index (χ2n) is 5.16. The van der Waals surface area contributed by atoms with Crippen molar-refractivity contribution in [2.75, 3.05) is 5.32 Å². The monoisotopic (exact) mass is 363 g/mol. The van der Waals surface area contributed by atoms with Gasteiger partial charge in [0.05, 0.1) is 34.9 Å². The first-order valence-corrected chi connectivity index (χ1v) is 7.87. The van der Waals surface area contributed by atoms with Crippen LogP contribution in [0.5, 0.6) is 5.75 Å². The van der Waals surface area contributed by atoms with E-state index in [1.807, 2.05) is 6.92 Å². The Kier molecular flexibility index (Phi) is 4.99. The summed E-state index contributed by atoms with van der Waals surface area (Å²) in [5.74, 6) is -0.370. The highest BCUT2D eigenvalue weighted by Gasteiger charge is 2.10. The van der Waals surface area contributed by atoms with Crippen LogP contribution in [0.2, 0.25) is 5.02 Å². The van der Waals surface area contributed by atoms with Crippen molar-refractivity contribution in [3.05, 3.63) is 59.4 Å². The molecule has 0 saturated carbocycles. The number of aryl methyl sites for hydroxylation is 1. The van der Waals surface area contributed by atoms with Gasteiger partial charge in [-0.05, 0) is 25.1 Å². The van der Waals surface area contributed by atoms with Crippen molar-refractivity contribution < 1.29 is 13.9 Å². The first kappa shape index (κ1) is 17.0. The van der Waals surface area contributed by atoms with Gasteiger partial charge in [0, 0.05) is 12.7 Å². The highest BCUT2D eigenvalue weighted by atomic mass is 35.5. The van der Waals surface area contributed by atoms with Gasteiger partial charge in [0.25, 0.3) is 5.91 Å². The Morgan fingerprint density at radius 1 is 1.28 bits per heavy atom. The molecule has 7 nitrogen and oxygen atoms in total. The van der Waals surface area contributed by atoms with E-state index in [0.717, 1.165) is 0 Å². The molecular weight excluding hydrogens is 349 g/mol. The summed E-state index contributed by atoms with van der Waals surface area (Å²) >= 11 is 5.89. The number of nitrogens with one attached hydrogen (secondary N) is 1. The van der Waals surface area contributed by atoms with Crippen LogP contribution in [0, 0.1) is 5.82 Å². The normalized spacial score (nSPS) is 10.7. The quantitative estimate of drug-likeness (QED) is 0.730. The number of carbonyl (C=O) groups excluding carboxylic acids is 1. The first-order chi connectivity index (χ1) is 12.0. The molecule has 2 aromatic heterocycles. The number of carbonyl (C=O) groups is 1. The van der Waals surface area contributed by atoms with Crippen molar-refractivity contribution in [3.63, 3.8) is 0 Å². The zero-order valence-electron chi connectivity index (χ0n) is 13.3. The molecule has 0 aliphatic heterocycles. The lowest BCUT2D eigenvalue weighted by molar-refractivity contribution is 0.102. The summed E-state index contributed by atoms with van der Waals surface area (Å²) in [6.07, 6.45) is 6.28. The fraction of sp³-hybridized carbons (Fsp3) is 0.188. The van der Waals surface area contributed by atoms with Crippen LogP contribution in [0.15, 0.2) is 43.0 Å². The van der Waals surface area contributed by atoms with Crippen LogP contribution in [-0.4, -0.2) is 25.5 Å². The maximum atomic E-state index is 13.0. The Morgan fingerprint density at radius 3 is 2.80 bits per heavy atom. The lowest BCUT2D eigenvalue weighted by atomic mass is 10.3. The molecular formula is C16H15ClFN5O2. The van der Waals surface area contributed by atoms with Crippen molar-refractivity contribution in [1.82, 2.24) is 19.6 Å². The summed E-state index contributed by atoms with van der Waals surface area (Å²) in [6.45, 7) is 2.69. The molecule has 1 N–H and O–H groups in total. The highest BCUT2D eigenvalue weighted by Crippen LogP contribution is 2.25. The Labute approximate surface area is 148 Å². The van der Waals surface area contributed by atoms with Crippen LogP contribution in [0.1, 0.15) is 17.3 Å². The molecule has 0 unspecified atom stereocenters. The third-order valence-electron chi connectivity index (χ3n) is 3.36. The number of amides is 1. The van der Waals surface area contributed by atoms with E-state index in [1.54, 1.807) is 17.1 Å². The second kappa shape index (κ2) is 7.35. The summed E-state index contributed by atoms with van der Waals surface area (Å²) in [7, 11) is 0. The number of halogens is 2. The summed E-state index contributed by atoms with van der Waals surface area (Å²) < 4.78 is 21.6. The van der Waals surface area contributed by atoms with E-state index in [1.165, 1.54) is 35.3 Å². The average molecular weight is 364 g/mol. The van der Waals surface area contributed by atoms with Gasteiger partial charge in [-0.15, -0.1) is 0 Å². The number of benzene rings is 1.